The lowest BCUT2D eigenvalue weighted by molar-refractivity contribution is -0.386. The van der Waals surface area contributed by atoms with Crippen LogP contribution in [-0.4, -0.2) is 27.8 Å². The number of carboxylic acid groups (broad SMARTS) is 1. The van der Waals surface area contributed by atoms with Crippen LogP contribution in [0.4, 0.5) is 5.69 Å². The van der Waals surface area contributed by atoms with Gasteiger partial charge in [0, 0.05) is 0 Å². The molecule has 0 radical (unpaired) electrons. The molecule has 8 nitrogen and oxygen atoms in total. The van der Waals surface area contributed by atoms with Gasteiger partial charge in [-0.05, 0) is 30.7 Å². The van der Waals surface area contributed by atoms with Crippen LogP contribution in [0, 0.1) is 17.0 Å². The minimum atomic E-state index is -1.06. The van der Waals surface area contributed by atoms with Gasteiger partial charge in [-0.3, -0.25) is 10.1 Å². The van der Waals surface area contributed by atoms with Crippen LogP contribution in [0.15, 0.2) is 28.8 Å². The Labute approximate surface area is 124 Å². The number of carbonyl (C=O) groups is 1. The average molecular weight is 304 g/mol. The van der Waals surface area contributed by atoms with Crippen molar-refractivity contribution in [1.29, 1.82) is 0 Å². The maximum Gasteiger partial charge on any atom is 0.341 e. The van der Waals surface area contributed by atoms with E-state index < -0.39 is 17.5 Å². The minimum absolute atomic E-state index is 0.0636. The Morgan fingerprint density at radius 1 is 1.41 bits per heavy atom. The van der Waals surface area contributed by atoms with Crippen molar-refractivity contribution in [3.63, 3.8) is 0 Å². The molecule has 0 aliphatic heterocycles. The second kappa shape index (κ2) is 6.53. The van der Waals surface area contributed by atoms with Crippen LogP contribution in [0.3, 0.4) is 0 Å². The number of ether oxygens (including phenoxy) is 1. The van der Waals surface area contributed by atoms with Crippen molar-refractivity contribution in [2.75, 3.05) is 6.61 Å². The molecule has 0 aliphatic carbocycles. The summed E-state index contributed by atoms with van der Waals surface area (Å²) in [5, 5.41) is 23.0. The van der Waals surface area contributed by atoms with Gasteiger partial charge < -0.3 is 14.4 Å². The van der Waals surface area contributed by atoms with E-state index in [9.17, 15) is 14.9 Å². The number of benzene rings is 1. The molecule has 1 aromatic heterocycles. The number of aryl methyl sites for hydroxylation is 1. The lowest BCUT2D eigenvalue weighted by atomic mass is 10.2. The van der Waals surface area contributed by atoms with Gasteiger partial charge in [0.1, 0.15) is 5.75 Å². The standard InChI is InChI=1S/C14H12N2O6/c1-9-14(16(19)20)12(22-15-9)7-4-10-2-5-11(6-3-10)21-8-13(17)18/h2-7H,8H2,1H3,(H,17,18)/b7-4+. The summed E-state index contributed by atoms with van der Waals surface area (Å²) >= 11 is 0. The predicted molar refractivity (Wildman–Crippen MR) is 76.4 cm³/mol. The third-order valence-electron chi connectivity index (χ3n) is 2.71. The molecule has 0 saturated carbocycles. The van der Waals surface area contributed by atoms with E-state index in [1.54, 1.807) is 30.3 Å². The first-order chi connectivity index (χ1) is 10.5. The van der Waals surface area contributed by atoms with Crippen LogP contribution in [0.25, 0.3) is 12.2 Å². The van der Waals surface area contributed by atoms with E-state index in [0.29, 0.717) is 5.75 Å². The number of rotatable bonds is 6. The SMILES string of the molecule is Cc1noc(/C=C/c2ccc(OCC(=O)O)cc2)c1[N+](=O)[O-]. The van der Waals surface area contributed by atoms with Gasteiger partial charge in [0.15, 0.2) is 12.3 Å². The Morgan fingerprint density at radius 2 is 2.09 bits per heavy atom. The Kier molecular flexibility index (Phi) is 4.52. The summed E-state index contributed by atoms with van der Waals surface area (Å²) in [5.74, 6) is -0.577. The second-order valence-electron chi connectivity index (χ2n) is 4.32. The van der Waals surface area contributed by atoms with E-state index in [0.717, 1.165) is 5.56 Å². The molecule has 0 atom stereocenters. The number of carboxylic acids is 1. The zero-order chi connectivity index (χ0) is 16.1. The Bertz CT molecular complexity index is 717. The maximum atomic E-state index is 10.9. The third kappa shape index (κ3) is 3.69. The molecule has 2 aromatic rings. The second-order valence-corrected chi connectivity index (χ2v) is 4.32. The molecular weight excluding hydrogens is 292 g/mol. The Morgan fingerprint density at radius 3 is 2.68 bits per heavy atom. The third-order valence-corrected chi connectivity index (χ3v) is 2.71. The van der Waals surface area contributed by atoms with Gasteiger partial charge in [0.05, 0.1) is 4.92 Å². The fourth-order valence-electron chi connectivity index (χ4n) is 1.71. The van der Waals surface area contributed by atoms with Crippen LogP contribution in [-0.2, 0) is 4.79 Å². The first-order valence-corrected chi connectivity index (χ1v) is 6.21. The number of hydrogen-bond acceptors (Lipinski definition) is 6. The zero-order valence-electron chi connectivity index (χ0n) is 11.6. The molecule has 0 bridgehead atoms. The summed E-state index contributed by atoms with van der Waals surface area (Å²) in [5.41, 5.74) is 0.783. The molecule has 0 aliphatic rings. The van der Waals surface area contributed by atoms with Crippen LogP contribution >= 0.6 is 0 Å². The van der Waals surface area contributed by atoms with E-state index in [2.05, 4.69) is 5.16 Å². The molecule has 2 rings (SSSR count). The molecule has 1 heterocycles. The number of aromatic nitrogens is 1. The molecule has 1 aromatic carbocycles. The summed E-state index contributed by atoms with van der Waals surface area (Å²) in [6, 6.07) is 6.57. The van der Waals surface area contributed by atoms with Crippen molar-refractivity contribution < 1.29 is 24.1 Å². The van der Waals surface area contributed by atoms with Crippen molar-refractivity contribution in [3.8, 4) is 5.75 Å². The molecular formula is C14H12N2O6. The lowest BCUT2D eigenvalue weighted by Crippen LogP contribution is -2.09. The zero-order valence-corrected chi connectivity index (χ0v) is 11.6. The molecule has 0 fully saturated rings. The molecule has 0 unspecified atom stereocenters. The topological polar surface area (TPSA) is 116 Å². The Hall–Kier alpha value is -3.16. The average Bonchev–Trinajstić information content (AvgIpc) is 2.85. The van der Waals surface area contributed by atoms with Gasteiger partial charge in [0.2, 0.25) is 5.76 Å². The van der Waals surface area contributed by atoms with E-state index in [1.165, 1.54) is 13.0 Å². The molecule has 22 heavy (non-hydrogen) atoms. The smallest absolute Gasteiger partial charge is 0.341 e. The monoisotopic (exact) mass is 304 g/mol. The molecule has 8 heteroatoms. The van der Waals surface area contributed by atoms with Crippen LogP contribution in [0.2, 0.25) is 0 Å². The van der Waals surface area contributed by atoms with Crippen LogP contribution in [0.1, 0.15) is 17.0 Å². The molecule has 1 N–H and O–H groups in total. The Balaban J connectivity index is 2.11. The largest absolute Gasteiger partial charge is 0.482 e. The van der Waals surface area contributed by atoms with Crippen molar-refractivity contribution in [1.82, 2.24) is 5.16 Å². The van der Waals surface area contributed by atoms with Crippen molar-refractivity contribution in [2.24, 2.45) is 0 Å². The lowest BCUT2D eigenvalue weighted by Gasteiger charge is -2.02. The molecule has 0 amide bonds. The molecule has 0 spiro atoms. The highest BCUT2D eigenvalue weighted by molar-refractivity contribution is 5.72. The summed E-state index contributed by atoms with van der Waals surface area (Å²) < 4.78 is 9.90. The number of hydrogen-bond donors (Lipinski definition) is 1. The van der Waals surface area contributed by atoms with Crippen molar-refractivity contribution in [3.05, 3.63) is 51.4 Å². The fourth-order valence-corrected chi connectivity index (χ4v) is 1.71. The molecule has 0 saturated heterocycles. The van der Waals surface area contributed by atoms with Crippen LogP contribution < -0.4 is 4.74 Å². The summed E-state index contributed by atoms with van der Waals surface area (Å²) in [7, 11) is 0. The highest BCUT2D eigenvalue weighted by Gasteiger charge is 2.21. The van der Waals surface area contributed by atoms with E-state index in [4.69, 9.17) is 14.4 Å². The summed E-state index contributed by atoms with van der Waals surface area (Å²) in [4.78, 5) is 20.7. The highest BCUT2D eigenvalue weighted by Crippen LogP contribution is 2.24. The van der Waals surface area contributed by atoms with E-state index in [-0.39, 0.29) is 17.1 Å². The van der Waals surface area contributed by atoms with E-state index >= 15 is 0 Å². The van der Waals surface area contributed by atoms with Gasteiger partial charge >= 0.3 is 11.7 Å². The predicted octanol–water partition coefficient (Wildman–Crippen LogP) is 2.53. The minimum Gasteiger partial charge on any atom is -0.482 e. The van der Waals surface area contributed by atoms with Gasteiger partial charge in [-0.1, -0.05) is 23.4 Å². The highest BCUT2D eigenvalue weighted by atomic mass is 16.6. The van der Waals surface area contributed by atoms with Gasteiger partial charge in [-0.2, -0.15) is 0 Å². The van der Waals surface area contributed by atoms with Crippen molar-refractivity contribution >= 4 is 23.8 Å². The summed E-state index contributed by atoms with van der Waals surface area (Å²) in [6.07, 6.45) is 3.07. The summed E-state index contributed by atoms with van der Waals surface area (Å²) in [6.45, 7) is 1.08. The van der Waals surface area contributed by atoms with Gasteiger partial charge in [-0.25, -0.2) is 4.79 Å². The number of nitro groups is 1. The maximum absolute atomic E-state index is 10.9. The first-order valence-electron chi connectivity index (χ1n) is 6.21. The van der Waals surface area contributed by atoms with Crippen molar-refractivity contribution in [2.45, 2.75) is 6.92 Å². The number of aliphatic carboxylic acids is 1. The fraction of sp³-hybridized carbons (Fsp3) is 0.143. The van der Waals surface area contributed by atoms with Gasteiger partial charge in [-0.15, -0.1) is 0 Å². The molecule has 114 valence electrons. The first kappa shape index (κ1) is 15.2. The van der Waals surface area contributed by atoms with Gasteiger partial charge in [0.25, 0.3) is 0 Å². The van der Waals surface area contributed by atoms with E-state index in [1.807, 2.05) is 0 Å². The number of nitrogens with zero attached hydrogens (tertiary/aromatic N) is 2. The van der Waals surface area contributed by atoms with Crippen LogP contribution in [0.5, 0.6) is 5.75 Å². The normalized spacial score (nSPS) is 10.8. The quantitative estimate of drug-likeness (QED) is 0.643.